The minimum atomic E-state index is -0.603. The van der Waals surface area contributed by atoms with Crippen LogP contribution in [0.4, 0.5) is 17.1 Å². The Morgan fingerprint density at radius 1 is 0.312 bits per heavy atom. The molecule has 0 radical (unpaired) electrons. The van der Waals surface area contributed by atoms with Gasteiger partial charge in [-0.1, -0.05) is 212 Å². The maximum absolute atomic E-state index is 2.53. The Balaban J connectivity index is 1.11. The van der Waals surface area contributed by atoms with Crippen LogP contribution in [-0.4, -0.2) is 0 Å². The van der Waals surface area contributed by atoms with Crippen LogP contribution in [0, 0.1) is 0 Å². The molecule has 0 atom stereocenters. The number of benzene rings is 10. The van der Waals surface area contributed by atoms with Crippen molar-refractivity contribution in [1.29, 1.82) is 0 Å². The lowest BCUT2D eigenvalue weighted by Gasteiger charge is -2.50. The highest BCUT2D eigenvalue weighted by Crippen LogP contribution is 2.65. The predicted octanol–water partition coefficient (Wildman–Crippen LogP) is 16.3. The van der Waals surface area contributed by atoms with Crippen LogP contribution in [0.25, 0.3) is 42.4 Å². The first kappa shape index (κ1) is 36.8. The molecule has 1 spiro atoms. The van der Waals surface area contributed by atoms with Gasteiger partial charge in [0.1, 0.15) is 0 Å². The lowest BCUT2D eigenvalue weighted by atomic mass is 9.51. The summed E-state index contributed by atoms with van der Waals surface area (Å²) in [5.74, 6) is 0. The van der Waals surface area contributed by atoms with Crippen molar-refractivity contribution in [2.75, 3.05) is 4.90 Å². The summed E-state index contributed by atoms with van der Waals surface area (Å²) in [7, 11) is 0. The van der Waals surface area contributed by atoms with Crippen LogP contribution in [0.3, 0.4) is 0 Å². The average molecular weight is 832 g/mol. The summed E-state index contributed by atoms with van der Waals surface area (Å²) in [5, 5.41) is 2.57. The fourth-order valence-corrected chi connectivity index (χ4v) is 12.7. The van der Waals surface area contributed by atoms with Gasteiger partial charge in [0.2, 0.25) is 0 Å². The maximum Gasteiger partial charge on any atom is 0.0720 e. The van der Waals surface area contributed by atoms with Crippen molar-refractivity contribution < 1.29 is 0 Å². The second-order valence-corrected chi connectivity index (χ2v) is 18.2. The lowest BCUT2D eigenvalue weighted by molar-refractivity contribution is 0.623. The van der Waals surface area contributed by atoms with Gasteiger partial charge in [0.05, 0.1) is 21.2 Å². The SMILES string of the molecule is c1ccc(-c2ccc(N(c3ccc4c(c3)C3(c5ccccc5-4)c4ccccc4C(c4ccccc4)(c4ccccc4)c4ccccc43)c3cccc4c3sc3ccccc34)cc2)cc1. The molecule has 2 aliphatic rings. The van der Waals surface area contributed by atoms with Crippen molar-refractivity contribution in [3.8, 4) is 22.3 Å². The Labute approximate surface area is 377 Å². The van der Waals surface area contributed by atoms with E-state index in [0.717, 1.165) is 11.4 Å². The molecule has 2 heteroatoms. The van der Waals surface area contributed by atoms with E-state index in [4.69, 9.17) is 0 Å². The Hall–Kier alpha value is -7.78. The molecular weight excluding hydrogens is 791 g/mol. The Morgan fingerprint density at radius 3 is 1.45 bits per heavy atom. The molecule has 1 nitrogen and oxygen atoms in total. The minimum absolute atomic E-state index is 0.556. The van der Waals surface area contributed by atoms with Crippen molar-refractivity contribution in [2.45, 2.75) is 10.8 Å². The van der Waals surface area contributed by atoms with Gasteiger partial charge in [-0.3, -0.25) is 0 Å². The molecule has 10 aromatic carbocycles. The molecule has 0 unspecified atom stereocenters. The molecule has 0 fully saturated rings. The van der Waals surface area contributed by atoms with E-state index in [1.807, 2.05) is 11.3 Å². The molecule has 0 saturated carbocycles. The molecule has 0 amide bonds. The largest absolute Gasteiger partial charge is 0.309 e. The van der Waals surface area contributed by atoms with E-state index in [9.17, 15) is 0 Å². The van der Waals surface area contributed by atoms with E-state index in [-0.39, 0.29) is 0 Å². The van der Waals surface area contributed by atoms with Gasteiger partial charge < -0.3 is 4.90 Å². The molecule has 11 aromatic rings. The summed E-state index contributed by atoms with van der Waals surface area (Å²) in [4.78, 5) is 2.50. The fourth-order valence-electron chi connectivity index (χ4n) is 11.5. The third-order valence-electron chi connectivity index (χ3n) is 14.0. The molecule has 2 aliphatic carbocycles. The first-order chi connectivity index (χ1) is 31.8. The molecule has 64 heavy (non-hydrogen) atoms. The number of nitrogens with zero attached hydrogens (tertiary/aromatic N) is 1. The summed E-state index contributed by atoms with van der Waals surface area (Å²) < 4.78 is 2.57. The van der Waals surface area contributed by atoms with Crippen LogP contribution in [-0.2, 0) is 10.8 Å². The summed E-state index contributed by atoms with van der Waals surface area (Å²) in [6.45, 7) is 0. The van der Waals surface area contributed by atoms with Crippen LogP contribution in [0.2, 0.25) is 0 Å². The van der Waals surface area contributed by atoms with Crippen molar-refractivity contribution in [3.63, 3.8) is 0 Å². The van der Waals surface area contributed by atoms with Gasteiger partial charge in [-0.2, -0.15) is 0 Å². The van der Waals surface area contributed by atoms with E-state index in [2.05, 4.69) is 254 Å². The lowest BCUT2D eigenvalue weighted by Crippen LogP contribution is -2.44. The van der Waals surface area contributed by atoms with E-state index in [0.29, 0.717) is 0 Å². The quantitative estimate of drug-likeness (QED) is 0.161. The van der Waals surface area contributed by atoms with Crippen LogP contribution in [0.15, 0.2) is 249 Å². The van der Waals surface area contributed by atoms with Crippen LogP contribution < -0.4 is 4.90 Å². The third-order valence-corrected chi connectivity index (χ3v) is 15.2. The minimum Gasteiger partial charge on any atom is -0.309 e. The smallest absolute Gasteiger partial charge is 0.0720 e. The molecule has 0 aliphatic heterocycles. The van der Waals surface area contributed by atoms with Gasteiger partial charge in [0.25, 0.3) is 0 Å². The molecule has 0 saturated heterocycles. The number of thiophene rings is 1. The highest BCUT2D eigenvalue weighted by atomic mass is 32.1. The van der Waals surface area contributed by atoms with Crippen molar-refractivity contribution >= 4 is 48.6 Å². The van der Waals surface area contributed by atoms with E-state index in [1.165, 1.54) is 92.6 Å². The summed E-state index contributed by atoms with van der Waals surface area (Å²) in [5.41, 5.74) is 17.6. The van der Waals surface area contributed by atoms with Crippen molar-refractivity contribution in [1.82, 2.24) is 0 Å². The van der Waals surface area contributed by atoms with E-state index >= 15 is 0 Å². The molecule has 13 rings (SSSR count). The zero-order valence-electron chi connectivity index (χ0n) is 35.0. The van der Waals surface area contributed by atoms with Gasteiger partial charge in [0, 0.05) is 26.8 Å². The Bertz CT molecular complexity index is 3460. The zero-order valence-corrected chi connectivity index (χ0v) is 35.8. The summed E-state index contributed by atoms with van der Waals surface area (Å²) in [6.07, 6.45) is 0. The normalized spacial score (nSPS) is 13.9. The zero-order chi connectivity index (χ0) is 42.2. The monoisotopic (exact) mass is 831 g/mol. The number of anilines is 3. The van der Waals surface area contributed by atoms with E-state index in [1.54, 1.807) is 0 Å². The molecular formula is C62H41NS. The summed E-state index contributed by atoms with van der Waals surface area (Å²) >= 11 is 1.88. The topological polar surface area (TPSA) is 3.24 Å². The average Bonchev–Trinajstić information content (AvgIpc) is 3.90. The van der Waals surface area contributed by atoms with Crippen LogP contribution in [0.1, 0.15) is 44.5 Å². The number of hydrogen-bond donors (Lipinski definition) is 0. The number of rotatable bonds is 6. The van der Waals surface area contributed by atoms with Gasteiger partial charge in [-0.25, -0.2) is 0 Å². The predicted molar refractivity (Wildman–Crippen MR) is 269 cm³/mol. The first-order valence-corrected chi connectivity index (χ1v) is 23.0. The molecule has 0 bridgehead atoms. The molecule has 0 N–H and O–H groups in total. The molecule has 1 aromatic heterocycles. The standard InChI is InChI=1S/C62H41NS/c1-4-19-42(20-5-1)43-35-37-46(38-36-43)63(58-33-18-27-51-50-26-11-17-34-59(50)64-60(51)58)47-39-40-49-48-25-10-12-28-52(48)62(57(49)41-47)55-31-15-13-29-53(55)61(44-21-6-2-7-22-44,45-23-8-3-9-24-45)54-30-14-16-32-56(54)62/h1-41H. The Morgan fingerprint density at radius 2 is 0.797 bits per heavy atom. The van der Waals surface area contributed by atoms with Crippen LogP contribution in [0.5, 0.6) is 0 Å². The van der Waals surface area contributed by atoms with E-state index < -0.39 is 10.8 Å². The third kappa shape index (κ3) is 5.12. The highest BCUT2D eigenvalue weighted by molar-refractivity contribution is 7.26. The Kier molecular flexibility index (Phi) is 8.28. The summed E-state index contributed by atoms with van der Waals surface area (Å²) in [6, 6.07) is 92.9. The number of fused-ring (bicyclic) bond motifs is 12. The fraction of sp³-hybridized carbons (Fsp3) is 0.0323. The second kappa shape index (κ2) is 14.4. The number of hydrogen-bond acceptors (Lipinski definition) is 2. The maximum atomic E-state index is 2.53. The van der Waals surface area contributed by atoms with Crippen LogP contribution >= 0.6 is 11.3 Å². The van der Waals surface area contributed by atoms with Crippen molar-refractivity contribution in [3.05, 3.63) is 293 Å². The van der Waals surface area contributed by atoms with Crippen molar-refractivity contribution in [2.24, 2.45) is 0 Å². The van der Waals surface area contributed by atoms with Gasteiger partial charge >= 0.3 is 0 Å². The van der Waals surface area contributed by atoms with Gasteiger partial charge in [-0.15, -0.1) is 11.3 Å². The van der Waals surface area contributed by atoms with Gasteiger partial charge in [0.15, 0.2) is 0 Å². The first-order valence-electron chi connectivity index (χ1n) is 22.2. The second-order valence-electron chi connectivity index (χ2n) is 17.1. The molecule has 1 heterocycles. The molecule has 300 valence electrons. The van der Waals surface area contributed by atoms with Gasteiger partial charge in [-0.05, 0) is 103 Å². The highest BCUT2D eigenvalue weighted by Gasteiger charge is 2.56.